The molecule has 0 aliphatic heterocycles. The molecule has 0 fully saturated rings. The molecule has 2 rings (SSSR count). The van der Waals surface area contributed by atoms with Crippen molar-refractivity contribution in [2.45, 2.75) is 26.3 Å². The molecule has 7 heteroatoms. The number of guanidine groups is 1. The minimum atomic E-state index is 0. The molecule has 0 saturated carbocycles. The average Bonchev–Trinajstić information content (AvgIpc) is 2.75. The first-order chi connectivity index (χ1) is 13.6. The lowest BCUT2D eigenvalue weighted by molar-refractivity contribution is 0.323. The number of nitrogens with one attached hydrogen (secondary N) is 2. The monoisotopic (exact) mass is 513 g/mol. The number of halogens is 1. The topological polar surface area (TPSA) is 64.1 Å². The number of hydrogen-bond acceptors (Lipinski definition) is 4. The number of ether oxygens (including phenoxy) is 3. The average molecular weight is 513 g/mol. The van der Waals surface area contributed by atoms with E-state index in [1.165, 1.54) is 11.1 Å². The van der Waals surface area contributed by atoms with Crippen LogP contribution in [0.5, 0.6) is 17.2 Å². The molecular formula is C22H32IN3O3. The van der Waals surface area contributed by atoms with Crippen molar-refractivity contribution in [2.24, 2.45) is 4.99 Å². The van der Waals surface area contributed by atoms with Gasteiger partial charge in [0.15, 0.2) is 17.5 Å². The van der Waals surface area contributed by atoms with Crippen molar-refractivity contribution < 1.29 is 14.2 Å². The highest BCUT2D eigenvalue weighted by molar-refractivity contribution is 14.0. The van der Waals surface area contributed by atoms with E-state index in [0.29, 0.717) is 23.8 Å². The normalized spacial score (nSPS) is 10.7. The van der Waals surface area contributed by atoms with Crippen molar-refractivity contribution in [1.29, 1.82) is 0 Å². The molecule has 0 saturated heterocycles. The number of nitrogens with zero attached hydrogens (tertiary/aromatic N) is 1. The molecule has 0 heterocycles. The summed E-state index contributed by atoms with van der Waals surface area (Å²) >= 11 is 0. The summed E-state index contributed by atoms with van der Waals surface area (Å²) in [6.07, 6.45) is 2.00. The smallest absolute Gasteiger partial charge is 0.203 e. The van der Waals surface area contributed by atoms with Crippen LogP contribution in [0.1, 0.15) is 23.6 Å². The zero-order valence-corrected chi connectivity index (χ0v) is 20.2. The van der Waals surface area contributed by atoms with E-state index in [-0.39, 0.29) is 24.0 Å². The van der Waals surface area contributed by atoms with Gasteiger partial charge in [0.25, 0.3) is 0 Å². The van der Waals surface area contributed by atoms with Gasteiger partial charge in [0, 0.05) is 20.1 Å². The van der Waals surface area contributed by atoms with Gasteiger partial charge in [-0.3, -0.25) is 4.99 Å². The van der Waals surface area contributed by atoms with E-state index in [9.17, 15) is 0 Å². The molecule has 2 N–H and O–H groups in total. The molecule has 0 bridgehead atoms. The lowest BCUT2D eigenvalue weighted by Crippen LogP contribution is -2.37. The minimum absolute atomic E-state index is 0. The van der Waals surface area contributed by atoms with Crippen molar-refractivity contribution in [2.75, 3.05) is 34.9 Å². The first-order valence-electron chi connectivity index (χ1n) is 9.46. The van der Waals surface area contributed by atoms with E-state index in [2.05, 4.69) is 46.8 Å². The molecule has 6 nitrogen and oxygen atoms in total. The Morgan fingerprint density at radius 2 is 1.45 bits per heavy atom. The van der Waals surface area contributed by atoms with Gasteiger partial charge in [-0.25, -0.2) is 0 Å². The highest BCUT2D eigenvalue weighted by atomic mass is 127. The lowest BCUT2D eigenvalue weighted by atomic mass is 10.1. The number of benzene rings is 2. The number of hydrogen-bond donors (Lipinski definition) is 2. The molecule has 0 atom stereocenters. The quantitative estimate of drug-likeness (QED) is 0.304. The maximum atomic E-state index is 5.40. The molecule has 0 aromatic heterocycles. The van der Waals surface area contributed by atoms with E-state index in [4.69, 9.17) is 14.2 Å². The zero-order chi connectivity index (χ0) is 20.4. The molecule has 0 spiro atoms. The predicted molar refractivity (Wildman–Crippen MR) is 129 cm³/mol. The minimum Gasteiger partial charge on any atom is -0.493 e. The Balaban J connectivity index is 0.00000420. The molecular weight excluding hydrogens is 481 g/mol. The summed E-state index contributed by atoms with van der Waals surface area (Å²) in [5, 5.41) is 6.67. The van der Waals surface area contributed by atoms with Crippen LogP contribution in [0.3, 0.4) is 0 Å². The third-order valence-corrected chi connectivity index (χ3v) is 4.55. The van der Waals surface area contributed by atoms with Gasteiger partial charge in [-0.2, -0.15) is 0 Å². The summed E-state index contributed by atoms with van der Waals surface area (Å²) in [5.41, 5.74) is 3.68. The van der Waals surface area contributed by atoms with Crippen molar-refractivity contribution in [3.05, 3.63) is 53.1 Å². The van der Waals surface area contributed by atoms with E-state index in [1.807, 2.05) is 12.1 Å². The second kappa shape index (κ2) is 13.1. The molecule has 0 aliphatic rings. The van der Waals surface area contributed by atoms with E-state index in [1.54, 1.807) is 28.4 Å². The Morgan fingerprint density at radius 3 is 1.93 bits per heavy atom. The third-order valence-electron chi connectivity index (χ3n) is 4.55. The Bertz CT molecular complexity index is 754. The fourth-order valence-corrected chi connectivity index (χ4v) is 2.91. The van der Waals surface area contributed by atoms with Crippen molar-refractivity contribution in [3.8, 4) is 17.2 Å². The van der Waals surface area contributed by atoms with Crippen LogP contribution in [-0.2, 0) is 19.4 Å². The maximum absolute atomic E-state index is 5.40. The summed E-state index contributed by atoms with van der Waals surface area (Å²) in [4.78, 5) is 4.29. The maximum Gasteiger partial charge on any atom is 0.203 e. The van der Waals surface area contributed by atoms with Crippen LogP contribution >= 0.6 is 24.0 Å². The van der Waals surface area contributed by atoms with Crippen LogP contribution in [0.2, 0.25) is 0 Å². The van der Waals surface area contributed by atoms with Gasteiger partial charge >= 0.3 is 0 Å². The van der Waals surface area contributed by atoms with Crippen LogP contribution in [0.15, 0.2) is 41.4 Å². The fourth-order valence-electron chi connectivity index (χ4n) is 2.91. The highest BCUT2D eigenvalue weighted by Gasteiger charge is 2.13. The van der Waals surface area contributed by atoms with Gasteiger partial charge in [0.2, 0.25) is 5.75 Å². The number of rotatable bonds is 9. The van der Waals surface area contributed by atoms with Crippen LogP contribution in [0, 0.1) is 0 Å². The van der Waals surface area contributed by atoms with E-state index >= 15 is 0 Å². The summed E-state index contributed by atoms with van der Waals surface area (Å²) in [6.45, 7) is 3.56. The molecule has 0 amide bonds. The molecule has 2 aromatic carbocycles. The van der Waals surface area contributed by atoms with Crippen molar-refractivity contribution in [3.63, 3.8) is 0 Å². The largest absolute Gasteiger partial charge is 0.493 e. The number of aliphatic imine (C=N–C) groups is 1. The molecule has 0 radical (unpaired) electrons. The first kappa shape index (κ1) is 24.9. The Kier molecular flexibility index (Phi) is 11.3. The summed E-state index contributed by atoms with van der Waals surface area (Å²) in [5.74, 6) is 2.61. The van der Waals surface area contributed by atoms with Crippen molar-refractivity contribution >= 4 is 29.9 Å². The summed E-state index contributed by atoms with van der Waals surface area (Å²) in [7, 11) is 6.59. The Hall–Kier alpha value is -2.16. The number of aryl methyl sites for hydroxylation is 1. The van der Waals surface area contributed by atoms with Gasteiger partial charge < -0.3 is 24.8 Å². The van der Waals surface area contributed by atoms with E-state index in [0.717, 1.165) is 30.9 Å². The molecule has 0 aliphatic carbocycles. The SMILES string of the molecule is CCc1ccc(CCNC(=NC)NCc2cc(OC)c(OC)c(OC)c2)cc1.I. The van der Waals surface area contributed by atoms with Crippen LogP contribution in [-0.4, -0.2) is 40.9 Å². The summed E-state index contributed by atoms with van der Waals surface area (Å²) < 4.78 is 16.2. The lowest BCUT2D eigenvalue weighted by Gasteiger charge is -2.16. The Morgan fingerprint density at radius 1 is 0.862 bits per heavy atom. The standard InChI is InChI=1S/C22H31N3O3.HI/c1-6-16-7-9-17(10-8-16)11-12-24-22(23-2)25-15-18-13-19(26-3)21(28-5)20(14-18)27-4;/h7-10,13-14H,6,11-12,15H2,1-5H3,(H2,23,24,25);1H. The summed E-state index contributed by atoms with van der Waals surface area (Å²) in [6, 6.07) is 12.6. The van der Waals surface area contributed by atoms with Crippen LogP contribution in [0.25, 0.3) is 0 Å². The van der Waals surface area contributed by atoms with Gasteiger partial charge in [0.05, 0.1) is 21.3 Å². The predicted octanol–water partition coefficient (Wildman–Crippen LogP) is 3.80. The van der Waals surface area contributed by atoms with Gasteiger partial charge in [-0.05, 0) is 41.7 Å². The van der Waals surface area contributed by atoms with E-state index < -0.39 is 0 Å². The van der Waals surface area contributed by atoms with Crippen LogP contribution in [0.4, 0.5) is 0 Å². The molecule has 160 valence electrons. The second-order valence-electron chi connectivity index (χ2n) is 6.31. The van der Waals surface area contributed by atoms with Gasteiger partial charge in [0.1, 0.15) is 0 Å². The molecule has 0 unspecified atom stereocenters. The van der Waals surface area contributed by atoms with Crippen molar-refractivity contribution in [1.82, 2.24) is 10.6 Å². The van der Waals surface area contributed by atoms with Gasteiger partial charge in [-0.1, -0.05) is 31.2 Å². The molecule has 2 aromatic rings. The zero-order valence-electron chi connectivity index (χ0n) is 17.9. The molecule has 29 heavy (non-hydrogen) atoms. The second-order valence-corrected chi connectivity index (χ2v) is 6.31. The Labute approximate surface area is 191 Å². The fraction of sp³-hybridized carbons (Fsp3) is 0.409. The third kappa shape index (κ3) is 7.30. The van der Waals surface area contributed by atoms with Crippen LogP contribution < -0.4 is 24.8 Å². The first-order valence-corrected chi connectivity index (χ1v) is 9.46. The number of methoxy groups -OCH3 is 3. The van der Waals surface area contributed by atoms with Gasteiger partial charge in [-0.15, -0.1) is 24.0 Å². The highest BCUT2D eigenvalue weighted by Crippen LogP contribution is 2.38.